The molecule has 1 unspecified atom stereocenters. The Balaban J connectivity index is 2.28. The summed E-state index contributed by atoms with van der Waals surface area (Å²) in [5.41, 5.74) is 2.05. The molecule has 1 N–H and O–H groups in total. The lowest BCUT2D eigenvalue weighted by Gasteiger charge is -2.30. The van der Waals surface area contributed by atoms with Crippen molar-refractivity contribution in [2.45, 2.75) is 32.2 Å². The average molecular weight is 276 g/mol. The van der Waals surface area contributed by atoms with Crippen LogP contribution in [-0.4, -0.2) is 41.6 Å². The molecule has 1 aliphatic rings. The van der Waals surface area contributed by atoms with E-state index in [-0.39, 0.29) is 6.03 Å². The minimum Gasteiger partial charge on any atom is -0.480 e. The summed E-state index contributed by atoms with van der Waals surface area (Å²) >= 11 is 0. The number of carboxylic acids is 1. The number of anilines is 1. The number of nitrogens with zero attached hydrogens (tertiary/aromatic N) is 2. The number of likely N-dealkylation sites (N-methyl/N-ethyl adjacent to an activating group) is 1. The van der Waals surface area contributed by atoms with Crippen LogP contribution in [0.25, 0.3) is 0 Å². The van der Waals surface area contributed by atoms with Gasteiger partial charge >= 0.3 is 12.0 Å². The van der Waals surface area contributed by atoms with Crippen LogP contribution >= 0.6 is 0 Å². The zero-order valence-corrected chi connectivity index (χ0v) is 11.9. The van der Waals surface area contributed by atoms with Crippen LogP contribution in [0.4, 0.5) is 10.5 Å². The third-order valence-corrected chi connectivity index (χ3v) is 3.83. The molecule has 1 aromatic rings. The van der Waals surface area contributed by atoms with E-state index >= 15 is 0 Å². The Morgan fingerprint density at radius 1 is 1.30 bits per heavy atom. The van der Waals surface area contributed by atoms with Crippen LogP contribution in [0, 0.1) is 0 Å². The molecule has 5 nitrogen and oxygen atoms in total. The van der Waals surface area contributed by atoms with Crippen molar-refractivity contribution in [3.8, 4) is 0 Å². The first-order valence-electron chi connectivity index (χ1n) is 6.87. The SMILES string of the molecule is CC(C(=O)O)N(C)C(=O)N1CCCCc2ccccc21. The highest BCUT2D eigenvalue weighted by Crippen LogP contribution is 2.27. The first-order chi connectivity index (χ1) is 9.52. The molecular formula is C15H20N2O3. The number of carbonyl (C=O) groups excluding carboxylic acids is 1. The number of urea groups is 1. The maximum Gasteiger partial charge on any atom is 0.326 e. The molecule has 1 aromatic carbocycles. The van der Waals surface area contributed by atoms with Crippen LogP contribution in [0.1, 0.15) is 25.3 Å². The van der Waals surface area contributed by atoms with Crippen molar-refractivity contribution in [2.75, 3.05) is 18.5 Å². The Hall–Kier alpha value is -2.04. The quantitative estimate of drug-likeness (QED) is 0.902. The Morgan fingerprint density at radius 2 is 2.00 bits per heavy atom. The van der Waals surface area contributed by atoms with Crippen LogP contribution in [0.15, 0.2) is 24.3 Å². The molecule has 5 heteroatoms. The van der Waals surface area contributed by atoms with E-state index in [1.165, 1.54) is 18.9 Å². The molecule has 0 spiro atoms. The minimum absolute atomic E-state index is 0.255. The number of fused-ring (bicyclic) bond motifs is 1. The van der Waals surface area contributed by atoms with Gasteiger partial charge in [-0.15, -0.1) is 0 Å². The van der Waals surface area contributed by atoms with Crippen LogP contribution in [-0.2, 0) is 11.2 Å². The molecule has 108 valence electrons. The molecule has 0 aliphatic carbocycles. The topological polar surface area (TPSA) is 60.9 Å². The van der Waals surface area contributed by atoms with Gasteiger partial charge in [0.1, 0.15) is 6.04 Å². The fourth-order valence-electron chi connectivity index (χ4n) is 2.41. The molecule has 1 atom stereocenters. The summed E-state index contributed by atoms with van der Waals surface area (Å²) in [7, 11) is 1.54. The van der Waals surface area contributed by atoms with Crippen molar-refractivity contribution in [2.24, 2.45) is 0 Å². The van der Waals surface area contributed by atoms with Crippen molar-refractivity contribution < 1.29 is 14.7 Å². The molecule has 0 radical (unpaired) electrons. The number of amides is 2. The summed E-state index contributed by atoms with van der Waals surface area (Å²) in [5.74, 6) is -0.996. The highest BCUT2D eigenvalue weighted by molar-refractivity contribution is 5.95. The summed E-state index contributed by atoms with van der Waals surface area (Å²) in [4.78, 5) is 26.6. The van der Waals surface area contributed by atoms with E-state index < -0.39 is 12.0 Å². The van der Waals surface area contributed by atoms with Gasteiger partial charge in [0.25, 0.3) is 0 Å². The number of hydrogen-bond donors (Lipinski definition) is 1. The summed E-state index contributed by atoms with van der Waals surface area (Å²) < 4.78 is 0. The Bertz CT molecular complexity index is 516. The van der Waals surface area contributed by atoms with Gasteiger partial charge in [-0.05, 0) is 37.8 Å². The van der Waals surface area contributed by atoms with Gasteiger partial charge in [0, 0.05) is 19.3 Å². The van der Waals surface area contributed by atoms with Gasteiger partial charge in [0.05, 0.1) is 0 Å². The Kier molecular flexibility index (Phi) is 4.27. The van der Waals surface area contributed by atoms with Crippen LogP contribution < -0.4 is 4.90 Å². The highest BCUT2D eigenvalue weighted by atomic mass is 16.4. The monoisotopic (exact) mass is 276 g/mol. The lowest BCUT2D eigenvalue weighted by atomic mass is 10.1. The third kappa shape index (κ3) is 2.76. The number of para-hydroxylation sites is 1. The van der Waals surface area contributed by atoms with Gasteiger partial charge in [-0.1, -0.05) is 18.2 Å². The smallest absolute Gasteiger partial charge is 0.326 e. The first kappa shape index (κ1) is 14.4. The Labute approximate surface area is 118 Å². The minimum atomic E-state index is -0.996. The normalized spacial score (nSPS) is 16.0. The highest BCUT2D eigenvalue weighted by Gasteiger charge is 2.28. The molecule has 20 heavy (non-hydrogen) atoms. The summed E-state index contributed by atoms with van der Waals surface area (Å²) in [6.45, 7) is 2.15. The fourth-order valence-corrected chi connectivity index (χ4v) is 2.41. The lowest BCUT2D eigenvalue weighted by Crippen LogP contribution is -2.48. The number of aliphatic carboxylic acids is 1. The van der Waals surface area contributed by atoms with Gasteiger partial charge in [0.15, 0.2) is 0 Å². The van der Waals surface area contributed by atoms with E-state index in [0.29, 0.717) is 6.54 Å². The standard InChI is InChI=1S/C15H20N2O3/c1-11(14(18)19)16(2)15(20)17-10-6-5-8-12-7-3-4-9-13(12)17/h3-4,7,9,11H,5-6,8,10H2,1-2H3,(H,18,19). The lowest BCUT2D eigenvalue weighted by molar-refractivity contribution is -0.141. The van der Waals surface area contributed by atoms with Gasteiger partial charge < -0.3 is 10.0 Å². The van der Waals surface area contributed by atoms with E-state index in [1.807, 2.05) is 24.3 Å². The van der Waals surface area contributed by atoms with Gasteiger partial charge in [-0.2, -0.15) is 0 Å². The molecule has 0 aromatic heterocycles. The first-order valence-corrected chi connectivity index (χ1v) is 6.87. The zero-order valence-electron chi connectivity index (χ0n) is 11.9. The zero-order chi connectivity index (χ0) is 14.7. The number of benzene rings is 1. The largest absolute Gasteiger partial charge is 0.480 e. The molecule has 2 amide bonds. The van der Waals surface area contributed by atoms with Gasteiger partial charge in [-0.3, -0.25) is 4.90 Å². The van der Waals surface area contributed by atoms with E-state index in [0.717, 1.165) is 30.5 Å². The predicted octanol–water partition coefficient (Wildman–Crippen LogP) is 2.35. The maximum atomic E-state index is 12.5. The van der Waals surface area contributed by atoms with Crippen LogP contribution in [0.5, 0.6) is 0 Å². The molecule has 1 heterocycles. The second-order valence-electron chi connectivity index (χ2n) is 5.15. The fraction of sp³-hybridized carbons (Fsp3) is 0.467. The second-order valence-corrected chi connectivity index (χ2v) is 5.15. The van der Waals surface area contributed by atoms with Crippen molar-refractivity contribution in [3.05, 3.63) is 29.8 Å². The van der Waals surface area contributed by atoms with E-state index in [2.05, 4.69) is 0 Å². The maximum absolute atomic E-state index is 12.5. The molecule has 1 aliphatic heterocycles. The predicted molar refractivity (Wildman–Crippen MR) is 77.0 cm³/mol. The average Bonchev–Trinajstić information content (AvgIpc) is 2.67. The van der Waals surface area contributed by atoms with E-state index in [4.69, 9.17) is 5.11 Å². The van der Waals surface area contributed by atoms with E-state index in [1.54, 1.807) is 4.90 Å². The van der Waals surface area contributed by atoms with E-state index in [9.17, 15) is 9.59 Å². The number of aryl methyl sites for hydroxylation is 1. The summed E-state index contributed by atoms with van der Waals surface area (Å²) in [5, 5.41) is 9.04. The van der Waals surface area contributed by atoms with Crippen LogP contribution in [0.2, 0.25) is 0 Å². The Morgan fingerprint density at radius 3 is 2.70 bits per heavy atom. The van der Waals surface area contributed by atoms with Gasteiger partial charge in [0.2, 0.25) is 0 Å². The number of rotatable bonds is 2. The molecule has 0 saturated heterocycles. The van der Waals surface area contributed by atoms with Crippen LogP contribution in [0.3, 0.4) is 0 Å². The van der Waals surface area contributed by atoms with Crippen molar-refractivity contribution in [1.82, 2.24) is 4.90 Å². The molecular weight excluding hydrogens is 256 g/mol. The summed E-state index contributed by atoms with van der Waals surface area (Å²) in [6.07, 6.45) is 2.92. The number of carbonyl (C=O) groups is 2. The summed E-state index contributed by atoms with van der Waals surface area (Å²) in [6, 6.07) is 6.74. The molecule has 0 fully saturated rings. The number of carboxylic acid groups (broad SMARTS) is 1. The molecule has 2 rings (SSSR count). The van der Waals surface area contributed by atoms with Crippen molar-refractivity contribution >= 4 is 17.7 Å². The van der Waals surface area contributed by atoms with Gasteiger partial charge in [-0.25, -0.2) is 9.59 Å². The van der Waals surface area contributed by atoms with Crippen molar-refractivity contribution in [3.63, 3.8) is 0 Å². The molecule has 0 saturated carbocycles. The van der Waals surface area contributed by atoms with Crippen molar-refractivity contribution in [1.29, 1.82) is 0 Å². The second kappa shape index (κ2) is 5.94. The third-order valence-electron chi connectivity index (χ3n) is 3.83. The number of hydrogen-bond acceptors (Lipinski definition) is 2. The molecule has 0 bridgehead atoms.